The molecule has 2 aromatic heterocycles. The molecule has 1 fully saturated rings. The fourth-order valence-electron chi connectivity index (χ4n) is 2.32. The molecule has 1 saturated heterocycles. The molecule has 0 aliphatic carbocycles. The number of rotatable bonds is 2. The van der Waals surface area contributed by atoms with E-state index in [0.717, 1.165) is 6.20 Å². The van der Waals surface area contributed by atoms with Crippen LogP contribution < -0.4 is 16.9 Å². The van der Waals surface area contributed by atoms with Crippen LogP contribution in [0.3, 0.4) is 0 Å². The number of hydrogen-bond donors (Lipinski definition) is 5. The first-order chi connectivity index (χ1) is 10.4. The highest BCUT2D eigenvalue weighted by Gasteiger charge is 2.44. The zero-order valence-corrected chi connectivity index (χ0v) is 11.1. The van der Waals surface area contributed by atoms with Crippen LogP contribution in [0.5, 0.6) is 0 Å². The molecular formula is C11H13N5O6. The van der Waals surface area contributed by atoms with Crippen LogP contribution in [0.4, 0.5) is 5.82 Å². The van der Waals surface area contributed by atoms with Crippen molar-refractivity contribution in [3.05, 3.63) is 26.9 Å². The molecule has 2 aromatic rings. The molecule has 22 heavy (non-hydrogen) atoms. The van der Waals surface area contributed by atoms with E-state index in [1.165, 1.54) is 0 Å². The van der Waals surface area contributed by atoms with Crippen molar-refractivity contribution in [2.75, 3.05) is 12.3 Å². The standard InChI is InChI=1S/C11H13N5O6/c12-4-1-13-5-6(14-4)10(21)16(15-9(5)20)11-8(19)7(18)3(2-17)22-11/h1,3,7-8,11,17-19H,2H2,(H2,12,14)(H,15,20)/t3-,7-,8-,11-/m1/s1. The first kappa shape index (κ1) is 14.6. The number of aromatic amines is 1. The predicted molar refractivity (Wildman–Crippen MR) is 71.8 cm³/mol. The fourth-order valence-corrected chi connectivity index (χ4v) is 2.32. The van der Waals surface area contributed by atoms with Crippen LogP contribution in [0.15, 0.2) is 15.8 Å². The van der Waals surface area contributed by atoms with E-state index < -0.39 is 42.3 Å². The van der Waals surface area contributed by atoms with Crippen molar-refractivity contribution in [3.63, 3.8) is 0 Å². The maximum absolute atomic E-state index is 12.4. The number of anilines is 1. The first-order valence-corrected chi connectivity index (χ1v) is 6.33. The van der Waals surface area contributed by atoms with Gasteiger partial charge in [-0.1, -0.05) is 0 Å². The summed E-state index contributed by atoms with van der Waals surface area (Å²) in [6, 6.07) is 0. The molecule has 0 radical (unpaired) electrons. The Morgan fingerprint density at radius 3 is 2.68 bits per heavy atom. The molecule has 0 bridgehead atoms. The topological polar surface area (TPSA) is 177 Å². The summed E-state index contributed by atoms with van der Waals surface area (Å²) < 4.78 is 5.90. The molecule has 0 spiro atoms. The summed E-state index contributed by atoms with van der Waals surface area (Å²) in [7, 11) is 0. The van der Waals surface area contributed by atoms with Gasteiger partial charge in [0.15, 0.2) is 17.3 Å². The van der Waals surface area contributed by atoms with Crippen LogP contribution in [0.2, 0.25) is 0 Å². The smallest absolute Gasteiger partial charge is 0.295 e. The van der Waals surface area contributed by atoms with E-state index in [9.17, 15) is 19.8 Å². The number of H-pyrrole nitrogens is 1. The number of aliphatic hydroxyl groups excluding tert-OH is 3. The lowest BCUT2D eigenvalue weighted by Gasteiger charge is -2.17. The third-order valence-electron chi connectivity index (χ3n) is 3.42. The molecule has 0 amide bonds. The van der Waals surface area contributed by atoms with E-state index in [0.29, 0.717) is 4.68 Å². The van der Waals surface area contributed by atoms with Crippen LogP contribution in [-0.4, -0.2) is 60.0 Å². The third-order valence-corrected chi connectivity index (χ3v) is 3.42. The van der Waals surface area contributed by atoms with Gasteiger partial charge in [-0.25, -0.2) is 14.6 Å². The van der Waals surface area contributed by atoms with Gasteiger partial charge in [0.2, 0.25) is 0 Å². The Hall–Kier alpha value is -2.34. The summed E-state index contributed by atoms with van der Waals surface area (Å²) >= 11 is 0. The molecule has 3 rings (SSSR count). The van der Waals surface area contributed by atoms with Crippen LogP contribution in [0.1, 0.15) is 6.23 Å². The van der Waals surface area contributed by atoms with Gasteiger partial charge in [0.25, 0.3) is 11.1 Å². The lowest BCUT2D eigenvalue weighted by atomic mass is 10.1. The van der Waals surface area contributed by atoms with E-state index in [2.05, 4.69) is 15.1 Å². The molecule has 0 unspecified atom stereocenters. The minimum atomic E-state index is -1.52. The van der Waals surface area contributed by atoms with Gasteiger partial charge < -0.3 is 25.8 Å². The Balaban J connectivity index is 2.18. The van der Waals surface area contributed by atoms with Gasteiger partial charge in [0.05, 0.1) is 12.8 Å². The summed E-state index contributed by atoms with van der Waals surface area (Å²) in [4.78, 5) is 31.8. The summed E-state index contributed by atoms with van der Waals surface area (Å²) in [6.45, 7) is -0.561. The van der Waals surface area contributed by atoms with Crippen molar-refractivity contribution < 1.29 is 20.1 Å². The average molecular weight is 311 g/mol. The lowest BCUT2D eigenvalue weighted by Crippen LogP contribution is -2.39. The molecule has 1 aliphatic rings. The summed E-state index contributed by atoms with van der Waals surface area (Å²) in [5, 5.41) is 30.9. The number of nitrogens with zero attached hydrogens (tertiary/aromatic N) is 3. The number of ether oxygens (including phenoxy) is 1. The Labute approximate surface area is 121 Å². The minimum Gasteiger partial charge on any atom is -0.394 e. The van der Waals surface area contributed by atoms with Crippen molar-refractivity contribution >= 4 is 16.9 Å². The Kier molecular flexibility index (Phi) is 3.41. The third kappa shape index (κ3) is 2.07. The molecular weight excluding hydrogens is 298 g/mol. The molecule has 11 nitrogen and oxygen atoms in total. The Bertz CT molecular complexity index is 832. The minimum absolute atomic E-state index is 0.0529. The summed E-state index contributed by atoms with van der Waals surface area (Å²) in [5.74, 6) is -0.0529. The summed E-state index contributed by atoms with van der Waals surface area (Å²) in [5.41, 5.74) is 3.42. The molecule has 118 valence electrons. The quantitative estimate of drug-likeness (QED) is 0.379. The molecule has 4 atom stereocenters. The Morgan fingerprint density at radius 1 is 1.32 bits per heavy atom. The van der Waals surface area contributed by atoms with Crippen molar-refractivity contribution in [1.82, 2.24) is 19.7 Å². The number of fused-ring (bicyclic) bond motifs is 1. The second-order valence-corrected chi connectivity index (χ2v) is 4.84. The SMILES string of the molecule is Nc1cnc2c(=O)[nH]n([C@@H]3O[C@H](CO)[C@@H](O)[C@H]3O)c(=O)c2n1. The zero-order chi connectivity index (χ0) is 16.0. The maximum atomic E-state index is 12.4. The predicted octanol–water partition coefficient (Wildman–Crippen LogP) is -3.33. The molecule has 6 N–H and O–H groups in total. The largest absolute Gasteiger partial charge is 0.394 e. The monoisotopic (exact) mass is 311 g/mol. The highest BCUT2D eigenvalue weighted by atomic mass is 16.6. The molecule has 0 aromatic carbocycles. The summed E-state index contributed by atoms with van der Waals surface area (Å²) in [6.07, 6.45) is -4.25. The van der Waals surface area contributed by atoms with Crippen molar-refractivity contribution in [1.29, 1.82) is 0 Å². The maximum Gasteiger partial charge on any atom is 0.295 e. The Morgan fingerprint density at radius 2 is 2.05 bits per heavy atom. The van der Waals surface area contributed by atoms with E-state index >= 15 is 0 Å². The van der Waals surface area contributed by atoms with E-state index in [1.807, 2.05) is 0 Å². The van der Waals surface area contributed by atoms with E-state index in [-0.39, 0.29) is 16.9 Å². The van der Waals surface area contributed by atoms with Crippen molar-refractivity contribution in [2.45, 2.75) is 24.5 Å². The van der Waals surface area contributed by atoms with Crippen LogP contribution in [0.25, 0.3) is 11.0 Å². The van der Waals surface area contributed by atoms with E-state index in [4.69, 9.17) is 15.6 Å². The number of aliphatic hydroxyl groups is 3. The lowest BCUT2D eigenvalue weighted by molar-refractivity contribution is -0.0610. The van der Waals surface area contributed by atoms with Gasteiger partial charge in [-0.15, -0.1) is 0 Å². The zero-order valence-electron chi connectivity index (χ0n) is 11.1. The highest BCUT2D eigenvalue weighted by Crippen LogP contribution is 2.27. The van der Waals surface area contributed by atoms with Gasteiger partial charge in [0.1, 0.15) is 24.1 Å². The molecule has 0 saturated carbocycles. The van der Waals surface area contributed by atoms with Gasteiger partial charge in [0, 0.05) is 0 Å². The molecule has 3 heterocycles. The van der Waals surface area contributed by atoms with Gasteiger partial charge in [-0.05, 0) is 0 Å². The number of nitrogens with one attached hydrogen (secondary N) is 1. The van der Waals surface area contributed by atoms with E-state index in [1.54, 1.807) is 0 Å². The average Bonchev–Trinajstić information content (AvgIpc) is 2.78. The normalized spacial score (nSPS) is 28.3. The van der Waals surface area contributed by atoms with Gasteiger partial charge in [-0.2, -0.15) is 0 Å². The molecule has 11 heteroatoms. The van der Waals surface area contributed by atoms with Gasteiger partial charge >= 0.3 is 0 Å². The number of hydrogen-bond acceptors (Lipinski definition) is 9. The number of aromatic nitrogens is 4. The number of nitrogen functional groups attached to an aromatic ring is 1. The van der Waals surface area contributed by atoms with Crippen LogP contribution in [0, 0.1) is 0 Å². The molecule has 1 aliphatic heterocycles. The second-order valence-electron chi connectivity index (χ2n) is 4.84. The van der Waals surface area contributed by atoms with Crippen LogP contribution in [-0.2, 0) is 4.74 Å². The van der Waals surface area contributed by atoms with Crippen molar-refractivity contribution in [3.8, 4) is 0 Å². The first-order valence-electron chi connectivity index (χ1n) is 6.33. The highest BCUT2D eigenvalue weighted by molar-refractivity contribution is 5.72. The van der Waals surface area contributed by atoms with Gasteiger partial charge in [-0.3, -0.25) is 14.7 Å². The second kappa shape index (κ2) is 5.14. The van der Waals surface area contributed by atoms with Crippen molar-refractivity contribution in [2.24, 2.45) is 0 Å². The number of nitrogens with two attached hydrogens (primary N) is 1. The fraction of sp³-hybridized carbons (Fsp3) is 0.455. The van der Waals surface area contributed by atoms with Crippen LogP contribution >= 0.6 is 0 Å².